The fourth-order valence-electron chi connectivity index (χ4n) is 3.01. The highest BCUT2D eigenvalue weighted by molar-refractivity contribution is 5.97. The van der Waals surface area contributed by atoms with Gasteiger partial charge in [-0.2, -0.15) is 5.10 Å². The van der Waals surface area contributed by atoms with Crippen LogP contribution in [0.1, 0.15) is 35.1 Å². The third-order valence-corrected chi connectivity index (χ3v) is 4.23. The maximum absolute atomic E-state index is 12.8. The van der Waals surface area contributed by atoms with Crippen LogP contribution in [0.15, 0.2) is 36.4 Å². The molecule has 24 heavy (non-hydrogen) atoms. The number of hydrogen-bond acceptors (Lipinski definition) is 3. The number of amides is 2. The maximum Gasteiger partial charge on any atom is 0.275 e. The van der Waals surface area contributed by atoms with Crippen molar-refractivity contribution < 1.29 is 9.59 Å². The molecule has 2 heterocycles. The number of rotatable bonds is 5. The Labute approximate surface area is 141 Å². The van der Waals surface area contributed by atoms with Crippen LogP contribution in [0.4, 0.5) is 0 Å². The molecule has 2 N–H and O–H groups in total. The third kappa shape index (κ3) is 3.48. The van der Waals surface area contributed by atoms with Gasteiger partial charge in [-0.05, 0) is 18.1 Å². The van der Waals surface area contributed by atoms with E-state index in [9.17, 15) is 9.59 Å². The van der Waals surface area contributed by atoms with Gasteiger partial charge >= 0.3 is 0 Å². The zero-order chi connectivity index (χ0) is 16.9. The van der Waals surface area contributed by atoms with E-state index in [1.807, 2.05) is 30.3 Å². The van der Waals surface area contributed by atoms with Gasteiger partial charge in [0.15, 0.2) is 0 Å². The topological polar surface area (TPSA) is 78.1 Å². The van der Waals surface area contributed by atoms with E-state index in [0.717, 1.165) is 24.1 Å². The molecule has 2 amide bonds. The molecule has 0 saturated carbocycles. The van der Waals surface area contributed by atoms with Crippen LogP contribution in [0, 0.1) is 0 Å². The normalized spacial score (nSPS) is 17.6. The van der Waals surface area contributed by atoms with Gasteiger partial charge in [0.1, 0.15) is 11.7 Å². The van der Waals surface area contributed by atoms with E-state index in [1.165, 1.54) is 0 Å². The molecule has 6 nitrogen and oxygen atoms in total. The molecule has 6 heteroatoms. The Balaban J connectivity index is 1.79. The van der Waals surface area contributed by atoms with Crippen molar-refractivity contribution in [2.24, 2.45) is 0 Å². The van der Waals surface area contributed by atoms with Crippen LogP contribution >= 0.6 is 0 Å². The van der Waals surface area contributed by atoms with Gasteiger partial charge in [0, 0.05) is 25.2 Å². The molecular weight excluding hydrogens is 304 g/mol. The summed E-state index contributed by atoms with van der Waals surface area (Å²) < 4.78 is 0. The Morgan fingerprint density at radius 2 is 2.12 bits per heavy atom. The van der Waals surface area contributed by atoms with Crippen molar-refractivity contribution in [3.63, 3.8) is 0 Å². The summed E-state index contributed by atoms with van der Waals surface area (Å²) in [7, 11) is 0. The number of H-pyrrole nitrogens is 1. The number of aromatic nitrogens is 2. The van der Waals surface area contributed by atoms with Crippen LogP contribution in [0.25, 0.3) is 0 Å². The lowest BCUT2D eigenvalue weighted by atomic mass is 10.0. The van der Waals surface area contributed by atoms with Crippen molar-refractivity contribution in [2.45, 2.75) is 32.2 Å². The number of benzene rings is 1. The summed E-state index contributed by atoms with van der Waals surface area (Å²) in [6.07, 6.45) is 2.34. The molecule has 2 aromatic rings. The monoisotopic (exact) mass is 326 g/mol. The molecule has 126 valence electrons. The van der Waals surface area contributed by atoms with Crippen LogP contribution in [0.3, 0.4) is 0 Å². The van der Waals surface area contributed by atoms with Crippen LogP contribution in [0.5, 0.6) is 0 Å². The number of hydrogen-bond donors (Lipinski definition) is 2. The molecule has 1 saturated heterocycles. The summed E-state index contributed by atoms with van der Waals surface area (Å²) in [5.74, 6) is -0.299. The summed E-state index contributed by atoms with van der Waals surface area (Å²) in [5, 5.41) is 9.89. The van der Waals surface area contributed by atoms with Crippen molar-refractivity contribution in [2.75, 3.05) is 13.1 Å². The first-order valence-electron chi connectivity index (χ1n) is 8.36. The number of nitrogens with one attached hydrogen (secondary N) is 2. The average Bonchev–Trinajstić information content (AvgIpc) is 3.06. The second-order valence-corrected chi connectivity index (χ2v) is 6.02. The van der Waals surface area contributed by atoms with E-state index in [0.29, 0.717) is 25.2 Å². The summed E-state index contributed by atoms with van der Waals surface area (Å²) in [5.41, 5.74) is 2.36. The largest absolute Gasteiger partial charge is 0.353 e. The number of carbonyl (C=O) groups excluding carboxylic acids is 2. The molecule has 3 rings (SSSR count). The Bertz CT molecular complexity index is 711. The molecule has 1 aromatic heterocycles. The second-order valence-electron chi connectivity index (χ2n) is 6.02. The molecule has 0 radical (unpaired) electrons. The molecule has 1 unspecified atom stereocenters. The Morgan fingerprint density at radius 1 is 1.33 bits per heavy atom. The van der Waals surface area contributed by atoms with Gasteiger partial charge in [-0.15, -0.1) is 0 Å². The Kier molecular flexibility index (Phi) is 4.93. The molecule has 1 fully saturated rings. The lowest BCUT2D eigenvalue weighted by molar-refractivity contribution is -0.127. The number of nitrogens with zero attached hydrogens (tertiary/aromatic N) is 2. The van der Waals surface area contributed by atoms with Crippen LogP contribution in [-0.4, -0.2) is 46.0 Å². The van der Waals surface area contributed by atoms with Crippen molar-refractivity contribution in [3.8, 4) is 0 Å². The number of aromatic amines is 1. The van der Waals surface area contributed by atoms with E-state index < -0.39 is 6.04 Å². The lowest BCUT2D eigenvalue weighted by Gasteiger charge is -2.34. The predicted octanol–water partition coefficient (Wildman–Crippen LogP) is 1.55. The van der Waals surface area contributed by atoms with Gasteiger partial charge in [0.25, 0.3) is 5.91 Å². The number of carbonyl (C=O) groups is 2. The van der Waals surface area contributed by atoms with E-state index >= 15 is 0 Å². The molecular formula is C18H22N4O2. The van der Waals surface area contributed by atoms with Gasteiger partial charge in [-0.1, -0.05) is 43.7 Å². The fraction of sp³-hybridized carbons (Fsp3) is 0.389. The van der Waals surface area contributed by atoms with Crippen molar-refractivity contribution in [1.29, 1.82) is 0 Å². The summed E-state index contributed by atoms with van der Waals surface area (Å²) in [6, 6.07) is 11.0. The highest BCUT2D eigenvalue weighted by Gasteiger charge is 2.34. The minimum atomic E-state index is -0.500. The van der Waals surface area contributed by atoms with Crippen molar-refractivity contribution >= 4 is 11.8 Å². The minimum absolute atomic E-state index is 0.109. The molecule has 1 atom stereocenters. The maximum atomic E-state index is 12.8. The average molecular weight is 326 g/mol. The van der Waals surface area contributed by atoms with Crippen molar-refractivity contribution in [3.05, 3.63) is 53.3 Å². The predicted molar refractivity (Wildman–Crippen MR) is 90.6 cm³/mol. The summed E-state index contributed by atoms with van der Waals surface area (Å²) in [4.78, 5) is 26.8. The second kappa shape index (κ2) is 7.29. The van der Waals surface area contributed by atoms with Gasteiger partial charge in [-0.25, -0.2) is 0 Å². The highest BCUT2D eigenvalue weighted by Crippen LogP contribution is 2.15. The van der Waals surface area contributed by atoms with E-state index in [-0.39, 0.29) is 11.8 Å². The van der Waals surface area contributed by atoms with E-state index in [4.69, 9.17) is 0 Å². The molecule has 1 aromatic carbocycles. The zero-order valence-electron chi connectivity index (χ0n) is 13.8. The fourth-order valence-corrected chi connectivity index (χ4v) is 3.01. The van der Waals surface area contributed by atoms with Gasteiger partial charge in [0.2, 0.25) is 5.91 Å². The molecule has 1 aliphatic rings. The first kappa shape index (κ1) is 16.2. The standard InChI is InChI=1S/C18H22N4O2/c1-2-6-14-12-15(21-20-14)18(24)22-10-9-19-17(23)16(22)11-13-7-4-3-5-8-13/h3-5,7-8,12,16H,2,6,9-11H2,1H3,(H,19,23)(H,20,21). The summed E-state index contributed by atoms with van der Waals surface area (Å²) in [6.45, 7) is 3.05. The van der Waals surface area contributed by atoms with Gasteiger partial charge in [-0.3, -0.25) is 14.7 Å². The third-order valence-electron chi connectivity index (χ3n) is 4.23. The lowest BCUT2D eigenvalue weighted by Crippen LogP contribution is -2.58. The van der Waals surface area contributed by atoms with E-state index in [2.05, 4.69) is 22.4 Å². The van der Waals surface area contributed by atoms with Crippen LogP contribution < -0.4 is 5.32 Å². The molecule has 0 spiro atoms. The molecule has 0 bridgehead atoms. The first-order chi connectivity index (χ1) is 11.7. The van der Waals surface area contributed by atoms with Crippen molar-refractivity contribution in [1.82, 2.24) is 20.4 Å². The first-order valence-corrected chi connectivity index (χ1v) is 8.36. The smallest absolute Gasteiger partial charge is 0.275 e. The van der Waals surface area contributed by atoms with E-state index in [1.54, 1.807) is 11.0 Å². The number of aryl methyl sites for hydroxylation is 1. The van der Waals surface area contributed by atoms with Gasteiger partial charge in [0.05, 0.1) is 0 Å². The van der Waals surface area contributed by atoms with Gasteiger partial charge < -0.3 is 10.2 Å². The quantitative estimate of drug-likeness (QED) is 0.875. The molecule has 1 aliphatic heterocycles. The van der Waals surface area contributed by atoms with Crippen LogP contribution in [0.2, 0.25) is 0 Å². The Hall–Kier alpha value is -2.63. The minimum Gasteiger partial charge on any atom is -0.353 e. The highest BCUT2D eigenvalue weighted by atomic mass is 16.2. The SMILES string of the molecule is CCCc1cc(C(=O)N2CCNC(=O)C2Cc2ccccc2)n[nH]1. The summed E-state index contributed by atoms with van der Waals surface area (Å²) >= 11 is 0. The zero-order valence-corrected chi connectivity index (χ0v) is 13.8. The molecule has 0 aliphatic carbocycles. The van der Waals surface area contributed by atoms with Crippen LogP contribution in [-0.2, 0) is 17.6 Å². The Morgan fingerprint density at radius 3 is 2.88 bits per heavy atom. The number of piperazine rings is 1.